The molecule has 0 aliphatic rings. The first kappa shape index (κ1) is 12.2. The molecule has 0 saturated heterocycles. The van der Waals surface area contributed by atoms with Gasteiger partial charge in [-0.25, -0.2) is 0 Å². The molecule has 0 radical (unpaired) electrons. The Balaban J connectivity index is 0. The summed E-state index contributed by atoms with van der Waals surface area (Å²) in [6.07, 6.45) is 0. The fourth-order valence-electron chi connectivity index (χ4n) is 0. The molecule has 50 valence electrons. The Kier molecular flexibility index (Phi) is 10.1. The van der Waals surface area contributed by atoms with E-state index >= 15 is 0 Å². The van der Waals surface area contributed by atoms with Crippen LogP contribution in [0.5, 0.6) is 0 Å². The molecule has 0 rings (SSSR count). The summed E-state index contributed by atoms with van der Waals surface area (Å²) in [5.74, 6) is 0. The minimum atomic E-state index is -1.11. The van der Waals surface area contributed by atoms with Crippen LogP contribution in [-0.2, 0) is 17.0 Å². The number of rotatable bonds is 0. The minimum absolute atomic E-state index is 0.556. The molecule has 0 aromatic rings. The van der Waals surface area contributed by atoms with Gasteiger partial charge in [-0.3, -0.25) is 8.07 Å². The summed E-state index contributed by atoms with van der Waals surface area (Å²) < 4.78 is 0. The van der Waals surface area contributed by atoms with Gasteiger partial charge < -0.3 is 13.1 Å². The van der Waals surface area contributed by atoms with Gasteiger partial charge in [0.1, 0.15) is 0 Å². The van der Waals surface area contributed by atoms with Crippen molar-refractivity contribution in [3.05, 3.63) is 13.1 Å². The van der Waals surface area contributed by atoms with Gasteiger partial charge in [0, 0.05) is 0 Å². The summed E-state index contributed by atoms with van der Waals surface area (Å²) >= 11 is -0.556. The van der Waals surface area contributed by atoms with Crippen LogP contribution in [0.2, 0.25) is 13.1 Å². The Morgan fingerprint density at radius 1 is 1.25 bits per heavy atom. The van der Waals surface area contributed by atoms with Crippen LogP contribution in [0.3, 0.4) is 0 Å². The van der Waals surface area contributed by atoms with E-state index in [-0.39, 0.29) is 0 Å². The standard InChI is InChI=1S/C4H10Si.2ClH.Ti/c1-5(2,3)4;;;/h1-2H2,3-4H3;2*1H;/q-2;;;+2/p-2. The summed E-state index contributed by atoms with van der Waals surface area (Å²) in [6.45, 7) is 11.8. The van der Waals surface area contributed by atoms with Crippen molar-refractivity contribution < 1.29 is 17.0 Å². The average molecular weight is 205 g/mol. The number of hydrogen-bond acceptors (Lipinski definition) is 0. The Morgan fingerprint density at radius 2 is 1.25 bits per heavy atom. The van der Waals surface area contributed by atoms with Crippen molar-refractivity contribution >= 4 is 26.7 Å². The molecular weight excluding hydrogens is 195 g/mol. The SMILES string of the molecule is [CH2-][Si]([CH2-])(C)C.[Cl][Ti][Cl]. The van der Waals surface area contributed by atoms with Gasteiger partial charge >= 0.3 is 35.6 Å². The monoisotopic (exact) mass is 204 g/mol. The Labute approximate surface area is 69.6 Å². The molecule has 0 atom stereocenters. The Morgan fingerprint density at radius 3 is 1.25 bits per heavy atom. The van der Waals surface area contributed by atoms with Crippen molar-refractivity contribution in [2.24, 2.45) is 0 Å². The van der Waals surface area contributed by atoms with E-state index in [2.05, 4.69) is 26.2 Å². The van der Waals surface area contributed by atoms with Crippen molar-refractivity contribution in [3.63, 3.8) is 0 Å². The van der Waals surface area contributed by atoms with E-state index in [1.165, 1.54) is 0 Å². The van der Waals surface area contributed by atoms with Crippen molar-refractivity contribution in [2.75, 3.05) is 0 Å². The molecule has 0 spiro atoms. The molecule has 0 heterocycles. The molecule has 0 aliphatic heterocycles. The molecule has 8 heavy (non-hydrogen) atoms. The predicted octanol–water partition coefficient (Wildman–Crippen LogP) is 2.82. The van der Waals surface area contributed by atoms with Gasteiger partial charge in [-0.1, -0.05) is 0 Å². The van der Waals surface area contributed by atoms with Crippen LogP contribution in [0.15, 0.2) is 0 Å². The molecule has 0 fully saturated rings. The summed E-state index contributed by atoms with van der Waals surface area (Å²) in [5.41, 5.74) is 0. The van der Waals surface area contributed by atoms with E-state index in [0.717, 1.165) is 0 Å². The first-order chi connectivity index (χ1) is 3.41. The van der Waals surface area contributed by atoms with Crippen LogP contribution in [0.1, 0.15) is 0 Å². The van der Waals surface area contributed by atoms with Crippen LogP contribution in [0, 0.1) is 13.1 Å². The molecule has 0 saturated carbocycles. The van der Waals surface area contributed by atoms with Gasteiger partial charge in [0.05, 0.1) is 0 Å². The first-order valence-corrected chi connectivity index (χ1v) is 9.80. The zero-order valence-electron chi connectivity index (χ0n) is 5.17. The third kappa shape index (κ3) is 139. The number of hydrogen-bond donors (Lipinski definition) is 0. The summed E-state index contributed by atoms with van der Waals surface area (Å²) in [4.78, 5) is 0. The van der Waals surface area contributed by atoms with Gasteiger partial charge in [-0.2, -0.15) is 0 Å². The van der Waals surface area contributed by atoms with Crippen LogP contribution in [-0.4, -0.2) is 8.07 Å². The topological polar surface area (TPSA) is 0 Å². The molecule has 0 bridgehead atoms. The second-order valence-corrected chi connectivity index (χ2v) is 9.14. The maximum absolute atomic E-state index is 4.89. The van der Waals surface area contributed by atoms with E-state index in [1.54, 1.807) is 0 Å². The Hall–Kier alpha value is 1.51. The number of halogens is 2. The molecule has 0 N–H and O–H groups in total. The molecule has 0 nitrogen and oxygen atoms in total. The van der Waals surface area contributed by atoms with E-state index in [4.69, 9.17) is 18.6 Å². The maximum atomic E-state index is 4.89. The van der Waals surface area contributed by atoms with E-state index in [1.807, 2.05) is 0 Å². The van der Waals surface area contributed by atoms with Crippen LogP contribution in [0.4, 0.5) is 0 Å². The third-order valence-corrected chi connectivity index (χ3v) is 0. The van der Waals surface area contributed by atoms with Crippen LogP contribution < -0.4 is 0 Å². The van der Waals surface area contributed by atoms with Gasteiger partial charge in [0.2, 0.25) is 0 Å². The van der Waals surface area contributed by atoms with Crippen LogP contribution >= 0.6 is 18.6 Å². The molecular formula is C4H10Cl2SiTi-2. The van der Waals surface area contributed by atoms with E-state index < -0.39 is 25.1 Å². The molecule has 0 unspecified atom stereocenters. The Bertz CT molecular complexity index is 37.8. The van der Waals surface area contributed by atoms with Gasteiger partial charge in [0.25, 0.3) is 0 Å². The predicted molar refractivity (Wildman–Crippen MR) is 39.9 cm³/mol. The van der Waals surface area contributed by atoms with E-state index in [0.29, 0.717) is 0 Å². The second-order valence-electron chi connectivity index (χ2n) is 2.24. The van der Waals surface area contributed by atoms with Gasteiger partial charge in [-0.15, -0.1) is 13.1 Å². The molecule has 0 aromatic carbocycles. The quantitative estimate of drug-likeness (QED) is 0.421. The summed E-state index contributed by atoms with van der Waals surface area (Å²) in [5, 5.41) is 0. The fraction of sp³-hybridized carbons (Fsp3) is 0.500. The fourth-order valence-corrected chi connectivity index (χ4v) is 0. The zero-order valence-corrected chi connectivity index (χ0v) is 9.24. The van der Waals surface area contributed by atoms with Crippen molar-refractivity contribution in [2.45, 2.75) is 13.1 Å². The normalized spacial score (nSPS) is 9.25. The van der Waals surface area contributed by atoms with Gasteiger partial charge in [0.15, 0.2) is 0 Å². The molecule has 0 aliphatic carbocycles. The van der Waals surface area contributed by atoms with E-state index in [9.17, 15) is 0 Å². The van der Waals surface area contributed by atoms with Crippen molar-refractivity contribution in [1.82, 2.24) is 0 Å². The van der Waals surface area contributed by atoms with Crippen LogP contribution in [0.25, 0.3) is 0 Å². The molecule has 4 heteroatoms. The van der Waals surface area contributed by atoms with Gasteiger partial charge in [-0.05, 0) is 0 Å². The zero-order chi connectivity index (χ0) is 7.21. The first-order valence-electron chi connectivity index (χ1n) is 2.09. The molecule has 0 aromatic heterocycles. The summed E-state index contributed by atoms with van der Waals surface area (Å²) in [7, 11) is 8.67. The van der Waals surface area contributed by atoms with Crippen molar-refractivity contribution in [3.8, 4) is 0 Å². The second kappa shape index (κ2) is 6.63. The molecule has 0 amide bonds. The third-order valence-electron chi connectivity index (χ3n) is 0. The van der Waals surface area contributed by atoms with Crippen molar-refractivity contribution in [1.29, 1.82) is 0 Å². The summed E-state index contributed by atoms with van der Waals surface area (Å²) in [6, 6.07) is 0. The average Bonchev–Trinajstić information content (AvgIpc) is 1.27.